The predicted molar refractivity (Wildman–Crippen MR) is 134 cm³/mol. The van der Waals surface area contributed by atoms with Crippen LogP contribution in [0, 0.1) is 6.92 Å². The largest absolute Gasteiger partial charge is 0.497 e. The van der Waals surface area contributed by atoms with E-state index in [2.05, 4.69) is 5.32 Å². The van der Waals surface area contributed by atoms with Crippen LogP contribution in [0.15, 0.2) is 48.5 Å². The number of amides is 2. The average molecular weight is 490 g/mol. The Balaban J connectivity index is 2.39. The Morgan fingerprint density at radius 2 is 1.68 bits per heavy atom. The smallest absolute Gasteiger partial charge is 0.244 e. The van der Waals surface area contributed by atoms with E-state index >= 15 is 0 Å². The van der Waals surface area contributed by atoms with E-state index in [1.807, 2.05) is 26.0 Å². The number of carbonyl (C=O) groups excluding carboxylic acids is 2. The Morgan fingerprint density at radius 3 is 2.21 bits per heavy atom. The maximum Gasteiger partial charge on any atom is 0.244 e. The minimum atomic E-state index is -3.75. The molecular weight excluding hydrogens is 454 g/mol. The molecule has 0 heterocycles. The number of hydrogen-bond acceptors (Lipinski definition) is 5. The minimum Gasteiger partial charge on any atom is -0.497 e. The standard InChI is InChI=1S/C25H35N3O5S/c1-7-19(3)26-25(30)20(4)27(16-21-12-14-22(33-5)15-13-21)24(29)17-28(34(6,31)32)23-11-9-8-10-18(23)2/h8-15,19-20H,7,16-17H2,1-6H3,(H,26,30)/t19-,20+/m1/s1. The van der Waals surface area contributed by atoms with Gasteiger partial charge in [-0.3, -0.25) is 13.9 Å². The van der Waals surface area contributed by atoms with Gasteiger partial charge in [0.2, 0.25) is 21.8 Å². The van der Waals surface area contributed by atoms with Crippen LogP contribution in [0.25, 0.3) is 0 Å². The van der Waals surface area contributed by atoms with Crippen LogP contribution in [0.2, 0.25) is 0 Å². The topological polar surface area (TPSA) is 96.0 Å². The molecule has 0 saturated carbocycles. The third kappa shape index (κ3) is 7.21. The summed E-state index contributed by atoms with van der Waals surface area (Å²) in [5.41, 5.74) is 1.95. The lowest BCUT2D eigenvalue weighted by atomic mass is 10.1. The molecule has 0 unspecified atom stereocenters. The molecule has 0 radical (unpaired) electrons. The fraction of sp³-hybridized carbons (Fsp3) is 0.440. The molecular formula is C25H35N3O5S. The molecule has 0 aromatic heterocycles. The highest BCUT2D eigenvalue weighted by atomic mass is 32.2. The number of ether oxygens (including phenoxy) is 1. The molecule has 0 fully saturated rings. The summed E-state index contributed by atoms with van der Waals surface area (Å²) in [6.45, 7) is 7.02. The third-order valence-electron chi connectivity index (χ3n) is 5.74. The van der Waals surface area contributed by atoms with Crippen molar-refractivity contribution in [1.82, 2.24) is 10.2 Å². The van der Waals surface area contributed by atoms with Gasteiger partial charge >= 0.3 is 0 Å². The van der Waals surface area contributed by atoms with Gasteiger partial charge in [0.1, 0.15) is 18.3 Å². The molecule has 9 heteroatoms. The molecule has 1 N–H and O–H groups in total. The maximum atomic E-state index is 13.5. The van der Waals surface area contributed by atoms with Crippen molar-refractivity contribution in [2.24, 2.45) is 0 Å². The number of hydrogen-bond donors (Lipinski definition) is 1. The lowest BCUT2D eigenvalue weighted by Gasteiger charge is -2.32. The second kappa shape index (κ2) is 11.9. The van der Waals surface area contributed by atoms with Crippen molar-refractivity contribution in [3.63, 3.8) is 0 Å². The third-order valence-corrected chi connectivity index (χ3v) is 6.87. The summed E-state index contributed by atoms with van der Waals surface area (Å²) in [6, 6.07) is 13.3. The average Bonchev–Trinajstić information content (AvgIpc) is 2.80. The summed E-state index contributed by atoms with van der Waals surface area (Å²) < 4.78 is 31.5. The van der Waals surface area contributed by atoms with Crippen LogP contribution in [0.3, 0.4) is 0 Å². The fourth-order valence-electron chi connectivity index (χ4n) is 3.41. The number of methoxy groups -OCH3 is 1. The predicted octanol–water partition coefficient (Wildman–Crippen LogP) is 3.10. The van der Waals surface area contributed by atoms with Gasteiger partial charge in [0.25, 0.3) is 0 Å². The summed E-state index contributed by atoms with van der Waals surface area (Å²) in [5.74, 6) is -0.0960. The van der Waals surface area contributed by atoms with Gasteiger partial charge in [0.05, 0.1) is 19.1 Å². The van der Waals surface area contributed by atoms with Crippen molar-refractivity contribution < 1.29 is 22.7 Å². The summed E-state index contributed by atoms with van der Waals surface area (Å²) in [5, 5.41) is 2.91. The molecule has 2 amide bonds. The molecule has 0 aliphatic carbocycles. The van der Waals surface area contributed by atoms with Crippen molar-refractivity contribution in [1.29, 1.82) is 0 Å². The minimum absolute atomic E-state index is 0.0487. The number of benzene rings is 2. The Hall–Kier alpha value is -3.07. The Bertz CT molecular complexity index is 1090. The van der Waals surface area contributed by atoms with Crippen LogP contribution in [-0.2, 0) is 26.2 Å². The molecule has 2 rings (SSSR count). The number of nitrogens with one attached hydrogen (secondary N) is 1. The van der Waals surface area contributed by atoms with Crippen molar-refractivity contribution in [3.05, 3.63) is 59.7 Å². The number of sulfonamides is 1. The Kier molecular flexibility index (Phi) is 9.49. The van der Waals surface area contributed by atoms with Crippen LogP contribution in [-0.4, -0.2) is 57.1 Å². The first-order valence-corrected chi connectivity index (χ1v) is 13.1. The molecule has 2 atom stereocenters. The first-order chi connectivity index (χ1) is 16.0. The van der Waals surface area contributed by atoms with Crippen LogP contribution >= 0.6 is 0 Å². The lowest BCUT2D eigenvalue weighted by Crippen LogP contribution is -2.52. The van der Waals surface area contributed by atoms with E-state index in [9.17, 15) is 18.0 Å². The van der Waals surface area contributed by atoms with Crippen LogP contribution < -0.4 is 14.4 Å². The van der Waals surface area contributed by atoms with E-state index in [1.165, 1.54) is 4.90 Å². The number of rotatable bonds is 11. The number of para-hydroxylation sites is 1. The SMILES string of the molecule is CC[C@@H](C)NC(=O)[C@H](C)N(Cc1ccc(OC)cc1)C(=O)CN(c1ccccc1C)S(C)(=O)=O. The van der Waals surface area contributed by atoms with E-state index in [4.69, 9.17) is 4.74 Å². The van der Waals surface area contributed by atoms with Gasteiger partial charge < -0.3 is 15.0 Å². The number of carbonyl (C=O) groups is 2. The van der Waals surface area contributed by atoms with Crippen LogP contribution in [0.5, 0.6) is 5.75 Å². The zero-order valence-electron chi connectivity index (χ0n) is 20.7. The van der Waals surface area contributed by atoms with E-state index in [-0.39, 0.29) is 18.5 Å². The summed E-state index contributed by atoms with van der Waals surface area (Å²) in [6.07, 6.45) is 1.82. The van der Waals surface area contributed by atoms with Crippen molar-refractivity contribution in [2.45, 2.75) is 52.7 Å². The summed E-state index contributed by atoms with van der Waals surface area (Å²) in [7, 11) is -2.18. The van der Waals surface area contributed by atoms with Gasteiger partial charge in [0, 0.05) is 12.6 Å². The van der Waals surface area contributed by atoms with E-state index < -0.39 is 28.5 Å². The van der Waals surface area contributed by atoms with Gasteiger partial charge in [-0.25, -0.2) is 8.42 Å². The van der Waals surface area contributed by atoms with E-state index in [0.717, 1.165) is 28.1 Å². The fourth-order valence-corrected chi connectivity index (χ4v) is 4.32. The second-order valence-electron chi connectivity index (χ2n) is 8.42. The first kappa shape index (κ1) is 27.2. The molecule has 0 aliphatic rings. The highest BCUT2D eigenvalue weighted by molar-refractivity contribution is 7.92. The second-order valence-corrected chi connectivity index (χ2v) is 10.3. The monoisotopic (exact) mass is 489 g/mol. The molecule has 0 bridgehead atoms. The van der Waals surface area contributed by atoms with Crippen LogP contribution in [0.4, 0.5) is 5.69 Å². The highest BCUT2D eigenvalue weighted by Crippen LogP contribution is 2.23. The first-order valence-electron chi connectivity index (χ1n) is 11.2. The molecule has 2 aromatic rings. The number of anilines is 1. The van der Waals surface area contributed by atoms with E-state index in [0.29, 0.717) is 11.4 Å². The quantitative estimate of drug-likeness (QED) is 0.523. The van der Waals surface area contributed by atoms with Gasteiger partial charge in [0.15, 0.2) is 0 Å². The normalized spacial score (nSPS) is 13.0. The van der Waals surface area contributed by atoms with Gasteiger partial charge in [-0.05, 0) is 56.5 Å². The van der Waals surface area contributed by atoms with Gasteiger partial charge in [-0.2, -0.15) is 0 Å². The van der Waals surface area contributed by atoms with Gasteiger partial charge in [-0.1, -0.05) is 37.3 Å². The zero-order valence-corrected chi connectivity index (χ0v) is 21.6. The number of nitrogens with zero attached hydrogens (tertiary/aromatic N) is 2. The molecule has 186 valence electrons. The number of aryl methyl sites for hydroxylation is 1. The van der Waals surface area contributed by atoms with Gasteiger partial charge in [-0.15, -0.1) is 0 Å². The Morgan fingerprint density at radius 1 is 1.06 bits per heavy atom. The van der Waals surface area contributed by atoms with Crippen molar-refractivity contribution >= 4 is 27.5 Å². The highest BCUT2D eigenvalue weighted by Gasteiger charge is 2.30. The molecule has 0 aliphatic heterocycles. The lowest BCUT2D eigenvalue weighted by molar-refractivity contribution is -0.139. The summed E-state index contributed by atoms with van der Waals surface area (Å²) >= 11 is 0. The molecule has 0 saturated heterocycles. The molecule has 2 aromatic carbocycles. The van der Waals surface area contributed by atoms with E-state index in [1.54, 1.807) is 57.4 Å². The van der Waals surface area contributed by atoms with Crippen molar-refractivity contribution in [3.8, 4) is 5.75 Å². The zero-order chi connectivity index (χ0) is 25.5. The Labute approximate surface area is 202 Å². The molecule has 0 spiro atoms. The molecule has 34 heavy (non-hydrogen) atoms. The van der Waals surface area contributed by atoms with Crippen molar-refractivity contribution in [2.75, 3.05) is 24.2 Å². The maximum absolute atomic E-state index is 13.5. The van der Waals surface area contributed by atoms with Crippen LogP contribution in [0.1, 0.15) is 38.3 Å². The summed E-state index contributed by atoms with van der Waals surface area (Å²) in [4.78, 5) is 27.8. The molecule has 8 nitrogen and oxygen atoms in total.